The molecular weight excluding hydrogens is 412 g/mol. The number of piperazine rings is 1. The first-order chi connectivity index (χ1) is 16.0. The molecule has 5 rings (SSSR count). The number of aryl methyl sites for hydroxylation is 1. The monoisotopic (exact) mass is 444 g/mol. The van der Waals surface area contributed by atoms with Crippen molar-refractivity contribution in [2.45, 2.75) is 45.6 Å². The van der Waals surface area contributed by atoms with Crippen LogP contribution in [0.4, 0.5) is 5.69 Å². The quantitative estimate of drug-likeness (QED) is 0.584. The summed E-state index contributed by atoms with van der Waals surface area (Å²) in [6.07, 6.45) is 10.6. The van der Waals surface area contributed by atoms with Crippen molar-refractivity contribution in [2.24, 2.45) is 0 Å². The Morgan fingerprint density at radius 1 is 1.24 bits per heavy atom. The third-order valence-corrected chi connectivity index (χ3v) is 6.98. The van der Waals surface area contributed by atoms with E-state index in [4.69, 9.17) is 4.98 Å². The molecule has 0 amide bonds. The van der Waals surface area contributed by atoms with Crippen LogP contribution in [0.1, 0.15) is 49.8 Å². The van der Waals surface area contributed by atoms with Crippen molar-refractivity contribution >= 4 is 22.5 Å². The lowest BCUT2D eigenvalue weighted by Gasteiger charge is -2.43. The maximum atomic E-state index is 13.0. The first kappa shape index (κ1) is 21.6. The average Bonchev–Trinajstić information content (AvgIpc) is 3.22. The maximum absolute atomic E-state index is 13.0. The van der Waals surface area contributed by atoms with Crippen molar-refractivity contribution in [3.05, 3.63) is 70.8 Å². The van der Waals surface area contributed by atoms with Gasteiger partial charge in [0.05, 0.1) is 11.4 Å². The fraction of sp³-hybridized carbons (Fsp3) is 0.423. The van der Waals surface area contributed by atoms with Crippen LogP contribution in [0, 0.1) is 6.92 Å². The van der Waals surface area contributed by atoms with Gasteiger partial charge in [0.15, 0.2) is 0 Å². The van der Waals surface area contributed by atoms with E-state index in [-0.39, 0.29) is 5.56 Å². The molecule has 1 aliphatic heterocycles. The molecule has 2 aliphatic rings. The molecule has 1 N–H and O–H groups in total. The van der Waals surface area contributed by atoms with Gasteiger partial charge < -0.3 is 9.88 Å². The summed E-state index contributed by atoms with van der Waals surface area (Å²) in [6, 6.07) is 6.38. The number of nitrogens with zero attached hydrogens (tertiary/aromatic N) is 5. The van der Waals surface area contributed by atoms with Crippen LogP contribution in [0.5, 0.6) is 0 Å². The Morgan fingerprint density at radius 2 is 2.03 bits per heavy atom. The minimum absolute atomic E-state index is 0.0913. The van der Waals surface area contributed by atoms with E-state index < -0.39 is 0 Å². The number of pyridine rings is 1. The summed E-state index contributed by atoms with van der Waals surface area (Å²) >= 11 is 0. The summed E-state index contributed by atoms with van der Waals surface area (Å²) in [6.45, 7) is 12.4. The zero-order valence-electron chi connectivity index (χ0n) is 19.5. The zero-order valence-corrected chi connectivity index (χ0v) is 19.5. The second kappa shape index (κ2) is 8.98. The van der Waals surface area contributed by atoms with Crippen LogP contribution < -0.4 is 10.5 Å². The van der Waals surface area contributed by atoms with Crippen molar-refractivity contribution in [3.8, 4) is 0 Å². The van der Waals surface area contributed by atoms with E-state index >= 15 is 0 Å². The van der Waals surface area contributed by atoms with Crippen molar-refractivity contribution in [1.82, 2.24) is 24.3 Å². The Bertz CT molecular complexity index is 1260. The molecule has 1 aliphatic carbocycles. The van der Waals surface area contributed by atoms with Gasteiger partial charge in [0.2, 0.25) is 0 Å². The first-order valence-corrected chi connectivity index (χ1v) is 12.0. The first-order valence-electron chi connectivity index (χ1n) is 12.0. The number of anilines is 1. The number of imidazole rings is 1. The lowest BCUT2D eigenvalue weighted by atomic mass is 9.91. The molecule has 4 heterocycles. The van der Waals surface area contributed by atoms with Crippen LogP contribution in [0.3, 0.4) is 0 Å². The van der Waals surface area contributed by atoms with Crippen molar-refractivity contribution < 1.29 is 0 Å². The van der Waals surface area contributed by atoms with Gasteiger partial charge in [0.1, 0.15) is 11.5 Å². The number of allylic oxidation sites excluding steroid dienone is 3. The summed E-state index contributed by atoms with van der Waals surface area (Å²) in [4.78, 5) is 30.4. The molecule has 2 fully saturated rings. The predicted octanol–water partition coefficient (Wildman–Crippen LogP) is 3.91. The molecule has 0 spiro atoms. The second-order valence-corrected chi connectivity index (χ2v) is 9.17. The van der Waals surface area contributed by atoms with Crippen molar-refractivity contribution in [2.75, 3.05) is 31.1 Å². The van der Waals surface area contributed by atoms with Gasteiger partial charge in [-0.15, -0.1) is 0 Å². The molecule has 1 saturated carbocycles. The maximum Gasteiger partial charge on any atom is 0.258 e. The Hall–Kier alpha value is -3.19. The number of aromatic nitrogens is 4. The fourth-order valence-corrected chi connectivity index (χ4v) is 4.74. The smallest absolute Gasteiger partial charge is 0.258 e. The average molecular weight is 445 g/mol. The minimum atomic E-state index is -0.0913. The minimum Gasteiger partial charge on any atom is -0.368 e. The Kier molecular flexibility index (Phi) is 5.89. The summed E-state index contributed by atoms with van der Waals surface area (Å²) < 4.78 is 1.64. The van der Waals surface area contributed by atoms with Crippen LogP contribution in [-0.2, 0) is 0 Å². The van der Waals surface area contributed by atoms with E-state index in [0.717, 1.165) is 61.4 Å². The third kappa shape index (κ3) is 4.37. The number of fused-ring (bicyclic) bond motifs is 1. The predicted molar refractivity (Wildman–Crippen MR) is 134 cm³/mol. The Balaban J connectivity index is 1.36. The lowest BCUT2D eigenvalue weighted by Crippen LogP contribution is -2.52. The molecule has 7 nitrogen and oxygen atoms in total. The van der Waals surface area contributed by atoms with Gasteiger partial charge in [-0.3, -0.25) is 14.1 Å². The molecule has 1 saturated heterocycles. The molecule has 0 radical (unpaired) electrons. The van der Waals surface area contributed by atoms with Crippen molar-refractivity contribution in [3.63, 3.8) is 0 Å². The summed E-state index contributed by atoms with van der Waals surface area (Å²) in [5.41, 5.74) is 4.96. The van der Waals surface area contributed by atoms with Crippen LogP contribution in [0.2, 0.25) is 0 Å². The molecule has 33 heavy (non-hydrogen) atoms. The highest BCUT2D eigenvalue weighted by molar-refractivity contribution is 5.80. The summed E-state index contributed by atoms with van der Waals surface area (Å²) in [5.74, 6) is 0.829. The number of rotatable bonds is 6. The third-order valence-electron chi connectivity index (χ3n) is 6.98. The van der Waals surface area contributed by atoms with Crippen LogP contribution >= 0.6 is 0 Å². The molecule has 0 unspecified atom stereocenters. The Morgan fingerprint density at radius 3 is 2.67 bits per heavy atom. The zero-order chi connectivity index (χ0) is 22.9. The van der Waals surface area contributed by atoms with Gasteiger partial charge >= 0.3 is 0 Å². The molecule has 0 aromatic carbocycles. The van der Waals surface area contributed by atoms with E-state index in [1.54, 1.807) is 10.5 Å². The van der Waals surface area contributed by atoms with Crippen molar-refractivity contribution in [1.29, 1.82) is 0 Å². The molecule has 7 heteroatoms. The van der Waals surface area contributed by atoms with E-state index in [1.807, 2.05) is 31.5 Å². The molecular formula is C26H32N6O. The van der Waals surface area contributed by atoms with E-state index in [0.29, 0.717) is 16.9 Å². The number of hydrogen-bond donors (Lipinski definition) is 1. The lowest BCUT2D eigenvalue weighted by molar-refractivity contribution is 0.120. The second-order valence-electron chi connectivity index (χ2n) is 9.17. The normalized spacial score (nSPS) is 18.0. The highest BCUT2D eigenvalue weighted by Crippen LogP contribution is 2.27. The van der Waals surface area contributed by atoms with Gasteiger partial charge in [-0.25, -0.2) is 9.97 Å². The van der Waals surface area contributed by atoms with E-state index in [9.17, 15) is 4.79 Å². The molecule has 3 aromatic rings. The van der Waals surface area contributed by atoms with Gasteiger partial charge in [-0.1, -0.05) is 19.9 Å². The van der Waals surface area contributed by atoms with Crippen LogP contribution in [0.15, 0.2) is 48.0 Å². The highest BCUT2D eigenvalue weighted by atomic mass is 16.1. The van der Waals surface area contributed by atoms with Crippen LogP contribution in [0.25, 0.3) is 16.8 Å². The van der Waals surface area contributed by atoms with Gasteiger partial charge in [0, 0.05) is 56.4 Å². The molecule has 3 aromatic heterocycles. The van der Waals surface area contributed by atoms with E-state index in [2.05, 4.69) is 39.3 Å². The summed E-state index contributed by atoms with van der Waals surface area (Å²) in [5, 5.41) is 0. The molecule has 0 atom stereocenters. The summed E-state index contributed by atoms with van der Waals surface area (Å²) in [7, 11) is 0. The number of hydrogen-bond acceptors (Lipinski definition) is 5. The van der Waals surface area contributed by atoms with Gasteiger partial charge in [0.25, 0.3) is 5.56 Å². The number of nitrogens with one attached hydrogen (secondary N) is 1. The largest absolute Gasteiger partial charge is 0.368 e. The SMILES string of the molecule is C=C(/C=C(/CC)c1ncc(C)[nH]1)c1cc(=O)n2cc(N3CCN(C4CCC4)CC3)ccc2n1. The highest BCUT2D eigenvalue weighted by Gasteiger charge is 2.28. The standard InChI is InChI=1S/C26H32N6O/c1-4-20(26-27-16-19(3)28-26)14-18(2)23-15-25(33)32-17-22(8-9-24(32)29-23)31-12-10-30(11-13-31)21-6-5-7-21/h8-9,14-17,21H,2,4-7,10-13H2,1,3H3,(H,27,28)/b20-14-. The van der Waals surface area contributed by atoms with E-state index in [1.165, 1.54) is 19.3 Å². The number of H-pyrrole nitrogens is 1. The van der Waals surface area contributed by atoms with Gasteiger partial charge in [-0.05, 0) is 55.5 Å². The van der Waals surface area contributed by atoms with Crippen LogP contribution in [-0.4, -0.2) is 56.5 Å². The number of aromatic amines is 1. The Labute approximate surface area is 194 Å². The molecule has 172 valence electrons. The molecule has 0 bridgehead atoms. The van der Waals surface area contributed by atoms with Gasteiger partial charge in [-0.2, -0.15) is 0 Å². The fourth-order valence-electron chi connectivity index (χ4n) is 4.74. The topological polar surface area (TPSA) is 69.5 Å².